The SMILES string of the molecule is c1ccc(N(c2ccccc2)c2ccc(-c3cccc4c3oc3c(-c5ccc(N(c6ccccc6)c6ccccc6)cc5)cccc34)cc2)cc1. The predicted molar refractivity (Wildman–Crippen MR) is 214 cm³/mol. The first-order chi connectivity index (χ1) is 25.3. The summed E-state index contributed by atoms with van der Waals surface area (Å²) >= 11 is 0. The van der Waals surface area contributed by atoms with Crippen LogP contribution in [0.15, 0.2) is 211 Å². The fraction of sp³-hybridized carbons (Fsp3) is 0. The van der Waals surface area contributed by atoms with E-state index in [4.69, 9.17) is 4.42 Å². The molecule has 0 aliphatic heterocycles. The van der Waals surface area contributed by atoms with E-state index in [-0.39, 0.29) is 0 Å². The topological polar surface area (TPSA) is 19.6 Å². The molecule has 0 radical (unpaired) electrons. The molecule has 0 spiro atoms. The van der Waals surface area contributed by atoms with E-state index in [2.05, 4.69) is 216 Å². The van der Waals surface area contributed by atoms with Gasteiger partial charge in [0.05, 0.1) is 0 Å². The van der Waals surface area contributed by atoms with Crippen LogP contribution in [0.2, 0.25) is 0 Å². The smallest absolute Gasteiger partial charge is 0.143 e. The van der Waals surface area contributed by atoms with Crippen molar-refractivity contribution >= 4 is 56.1 Å². The second-order valence-corrected chi connectivity index (χ2v) is 12.6. The zero-order valence-corrected chi connectivity index (χ0v) is 27.9. The lowest BCUT2D eigenvalue weighted by atomic mass is 9.99. The molecule has 51 heavy (non-hydrogen) atoms. The highest BCUT2D eigenvalue weighted by Gasteiger charge is 2.18. The van der Waals surface area contributed by atoms with Crippen LogP contribution in [0.1, 0.15) is 0 Å². The van der Waals surface area contributed by atoms with Crippen LogP contribution in [-0.2, 0) is 0 Å². The molecule has 1 heterocycles. The van der Waals surface area contributed by atoms with E-state index in [0.29, 0.717) is 0 Å². The molecule has 0 saturated carbocycles. The summed E-state index contributed by atoms with van der Waals surface area (Å²) in [5, 5.41) is 2.22. The second-order valence-electron chi connectivity index (χ2n) is 12.6. The van der Waals surface area contributed by atoms with Crippen molar-refractivity contribution in [3.05, 3.63) is 206 Å². The summed E-state index contributed by atoms with van der Waals surface area (Å²) in [5.41, 5.74) is 12.8. The van der Waals surface area contributed by atoms with E-state index in [1.54, 1.807) is 0 Å². The molecule has 0 amide bonds. The summed E-state index contributed by atoms with van der Waals surface area (Å²) in [5.74, 6) is 0. The van der Waals surface area contributed by atoms with Crippen molar-refractivity contribution in [2.45, 2.75) is 0 Å². The number of benzene rings is 8. The molecule has 3 nitrogen and oxygen atoms in total. The van der Waals surface area contributed by atoms with Crippen molar-refractivity contribution in [3.63, 3.8) is 0 Å². The van der Waals surface area contributed by atoms with Crippen LogP contribution in [0.4, 0.5) is 34.1 Å². The molecular formula is C48H34N2O. The van der Waals surface area contributed by atoms with Crippen LogP contribution < -0.4 is 9.80 Å². The number of furan rings is 1. The first-order valence-corrected chi connectivity index (χ1v) is 17.3. The van der Waals surface area contributed by atoms with Crippen molar-refractivity contribution in [3.8, 4) is 22.3 Å². The van der Waals surface area contributed by atoms with Crippen molar-refractivity contribution in [1.29, 1.82) is 0 Å². The van der Waals surface area contributed by atoms with Gasteiger partial charge in [0, 0.05) is 56.0 Å². The Labute approximate surface area is 297 Å². The Hall–Kier alpha value is -6.84. The summed E-state index contributed by atoms with van der Waals surface area (Å²) < 4.78 is 6.84. The molecule has 0 unspecified atom stereocenters. The number of nitrogens with zero attached hydrogens (tertiary/aromatic N) is 2. The van der Waals surface area contributed by atoms with Crippen LogP contribution in [0, 0.1) is 0 Å². The molecule has 0 atom stereocenters. The van der Waals surface area contributed by atoms with Gasteiger partial charge < -0.3 is 14.2 Å². The number of fused-ring (bicyclic) bond motifs is 3. The van der Waals surface area contributed by atoms with Crippen LogP contribution >= 0.6 is 0 Å². The lowest BCUT2D eigenvalue weighted by Crippen LogP contribution is -2.09. The lowest BCUT2D eigenvalue weighted by Gasteiger charge is -2.25. The van der Waals surface area contributed by atoms with Crippen molar-refractivity contribution < 1.29 is 4.42 Å². The maximum atomic E-state index is 6.84. The predicted octanol–water partition coefficient (Wildman–Crippen LogP) is 13.9. The minimum Gasteiger partial charge on any atom is -0.455 e. The van der Waals surface area contributed by atoms with Crippen LogP contribution in [0.25, 0.3) is 44.2 Å². The standard InChI is InChI=1S/C48H34N2O/c1-5-15-37(16-6-1)49(38-17-7-2-8-18-38)41-31-27-35(28-32-41)43-23-13-25-45-46-26-14-24-44(48(46)51-47(43)45)36-29-33-42(34-30-36)50(39-19-9-3-10-20-39)40-21-11-4-12-22-40/h1-34H. The zero-order chi connectivity index (χ0) is 34.0. The Morgan fingerprint density at radius 3 is 0.863 bits per heavy atom. The normalized spacial score (nSPS) is 11.1. The third-order valence-corrected chi connectivity index (χ3v) is 9.45. The number of anilines is 6. The largest absolute Gasteiger partial charge is 0.455 e. The molecule has 0 N–H and O–H groups in total. The summed E-state index contributed by atoms with van der Waals surface area (Å²) in [7, 11) is 0. The third-order valence-electron chi connectivity index (χ3n) is 9.45. The van der Waals surface area contributed by atoms with E-state index >= 15 is 0 Å². The van der Waals surface area contributed by atoms with Gasteiger partial charge in [0.15, 0.2) is 0 Å². The van der Waals surface area contributed by atoms with E-state index in [1.165, 1.54) is 0 Å². The quantitative estimate of drug-likeness (QED) is 0.163. The fourth-order valence-corrected chi connectivity index (χ4v) is 7.06. The Kier molecular flexibility index (Phi) is 7.84. The summed E-state index contributed by atoms with van der Waals surface area (Å²) in [4.78, 5) is 4.56. The Morgan fingerprint density at radius 2 is 0.549 bits per heavy atom. The molecule has 9 rings (SSSR count). The minimum absolute atomic E-state index is 0.895. The van der Waals surface area contributed by atoms with E-state index < -0.39 is 0 Å². The first-order valence-electron chi connectivity index (χ1n) is 17.3. The molecule has 0 aliphatic carbocycles. The van der Waals surface area contributed by atoms with Gasteiger partial charge in [0.1, 0.15) is 11.2 Å². The zero-order valence-electron chi connectivity index (χ0n) is 27.9. The molecule has 9 aromatic rings. The maximum absolute atomic E-state index is 6.84. The van der Waals surface area contributed by atoms with Crippen molar-refractivity contribution in [2.75, 3.05) is 9.80 Å². The van der Waals surface area contributed by atoms with Gasteiger partial charge in [0.25, 0.3) is 0 Å². The Morgan fingerprint density at radius 1 is 0.255 bits per heavy atom. The van der Waals surface area contributed by atoms with Crippen LogP contribution in [0.3, 0.4) is 0 Å². The monoisotopic (exact) mass is 654 g/mol. The van der Waals surface area contributed by atoms with Gasteiger partial charge in [0.2, 0.25) is 0 Å². The molecule has 0 aliphatic rings. The van der Waals surface area contributed by atoms with Crippen LogP contribution in [0.5, 0.6) is 0 Å². The van der Waals surface area contributed by atoms with Gasteiger partial charge >= 0.3 is 0 Å². The number of rotatable bonds is 8. The molecular weight excluding hydrogens is 621 g/mol. The van der Waals surface area contributed by atoms with Gasteiger partial charge in [-0.25, -0.2) is 0 Å². The molecule has 0 saturated heterocycles. The highest BCUT2D eigenvalue weighted by Crippen LogP contribution is 2.42. The Bertz CT molecular complexity index is 2280. The van der Waals surface area contributed by atoms with Crippen molar-refractivity contribution in [2.24, 2.45) is 0 Å². The molecule has 3 heteroatoms. The summed E-state index contributed by atoms with van der Waals surface area (Å²) in [6, 6.07) is 72.4. The number of para-hydroxylation sites is 6. The molecule has 0 fully saturated rings. The lowest BCUT2D eigenvalue weighted by molar-refractivity contribution is 0.671. The summed E-state index contributed by atoms with van der Waals surface area (Å²) in [6.07, 6.45) is 0. The fourth-order valence-electron chi connectivity index (χ4n) is 7.06. The maximum Gasteiger partial charge on any atom is 0.143 e. The van der Waals surface area contributed by atoms with Gasteiger partial charge in [-0.2, -0.15) is 0 Å². The molecule has 1 aromatic heterocycles. The average molecular weight is 655 g/mol. The number of hydrogen-bond acceptors (Lipinski definition) is 3. The molecule has 0 bridgehead atoms. The van der Waals surface area contributed by atoms with Gasteiger partial charge in [-0.1, -0.05) is 133 Å². The van der Waals surface area contributed by atoms with Gasteiger partial charge in [-0.05, 0) is 83.9 Å². The number of hydrogen-bond donors (Lipinski definition) is 0. The van der Waals surface area contributed by atoms with E-state index in [1.807, 2.05) is 0 Å². The van der Waals surface area contributed by atoms with Crippen LogP contribution in [-0.4, -0.2) is 0 Å². The van der Waals surface area contributed by atoms with Crippen molar-refractivity contribution in [1.82, 2.24) is 0 Å². The third kappa shape index (κ3) is 5.71. The average Bonchev–Trinajstić information content (AvgIpc) is 3.60. The van der Waals surface area contributed by atoms with E-state index in [9.17, 15) is 0 Å². The highest BCUT2D eigenvalue weighted by molar-refractivity contribution is 6.13. The van der Waals surface area contributed by atoms with Gasteiger partial charge in [-0.15, -0.1) is 0 Å². The minimum atomic E-state index is 0.895. The second kappa shape index (κ2) is 13.2. The van der Waals surface area contributed by atoms with E-state index in [0.717, 1.165) is 78.3 Å². The molecule has 242 valence electrons. The molecule has 8 aromatic carbocycles. The first kappa shape index (κ1) is 30.2. The van der Waals surface area contributed by atoms with Gasteiger partial charge in [-0.3, -0.25) is 0 Å². The Balaban J connectivity index is 1.09. The summed E-state index contributed by atoms with van der Waals surface area (Å²) in [6.45, 7) is 0. The highest BCUT2D eigenvalue weighted by atomic mass is 16.3.